The van der Waals surface area contributed by atoms with Crippen LogP contribution in [0.15, 0.2) is 18.3 Å². The Balaban J connectivity index is 0.00000144. The Kier molecular flexibility index (Phi) is 5.99. The largest absolute Gasteiger partial charge is 0.330 e. The fourth-order valence-electron chi connectivity index (χ4n) is 1.01. The minimum atomic E-state index is -0.101. The lowest BCUT2D eigenvalue weighted by Gasteiger charge is -2.10. The summed E-state index contributed by atoms with van der Waals surface area (Å²) in [5, 5.41) is 0.471. The zero-order chi connectivity index (χ0) is 8.97. The molecule has 3 nitrogen and oxygen atoms in total. The van der Waals surface area contributed by atoms with Gasteiger partial charge in [-0.05, 0) is 19.0 Å². The molecule has 0 amide bonds. The quantitative estimate of drug-likeness (QED) is 0.761. The molecule has 0 fully saturated rings. The summed E-state index contributed by atoms with van der Waals surface area (Å²) >= 11 is 5.82. The van der Waals surface area contributed by atoms with Gasteiger partial charge in [0.05, 0.1) is 0 Å². The maximum atomic E-state index is 5.82. The van der Waals surface area contributed by atoms with Crippen LogP contribution in [0.1, 0.15) is 18.0 Å². The minimum Gasteiger partial charge on any atom is -0.330 e. The van der Waals surface area contributed by atoms with E-state index < -0.39 is 0 Å². The number of hydrogen-bond acceptors (Lipinski definition) is 3. The van der Waals surface area contributed by atoms with Crippen LogP contribution in [0, 0.1) is 0 Å². The van der Waals surface area contributed by atoms with Crippen molar-refractivity contribution in [2.75, 3.05) is 6.54 Å². The van der Waals surface area contributed by atoms with Crippen LogP contribution in [0.3, 0.4) is 0 Å². The van der Waals surface area contributed by atoms with Crippen LogP contribution in [-0.4, -0.2) is 11.5 Å². The van der Waals surface area contributed by atoms with E-state index in [-0.39, 0.29) is 18.4 Å². The second-order valence-corrected chi connectivity index (χ2v) is 2.93. The van der Waals surface area contributed by atoms with Gasteiger partial charge in [0.2, 0.25) is 0 Å². The molecule has 5 heteroatoms. The number of nitrogens with two attached hydrogens (primary N) is 2. The number of pyridine rings is 1. The van der Waals surface area contributed by atoms with Gasteiger partial charge >= 0.3 is 0 Å². The van der Waals surface area contributed by atoms with E-state index in [4.69, 9.17) is 23.1 Å². The lowest BCUT2D eigenvalue weighted by atomic mass is 10.1. The number of nitrogens with zero attached hydrogens (tertiary/aromatic N) is 1. The van der Waals surface area contributed by atoms with E-state index in [2.05, 4.69) is 4.98 Å². The summed E-state index contributed by atoms with van der Waals surface area (Å²) in [6.45, 7) is 0.562. The average Bonchev–Trinajstić information content (AvgIpc) is 2.05. The lowest BCUT2D eigenvalue weighted by molar-refractivity contribution is 0.659. The summed E-state index contributed by atoms with van der Waals surface area (Å²) in [6.07, 6.45) is 2.37. The van der Waals surface area contributed by atoms with Crippen LogP contribution in [0.5, 0.6) is 0 Å². The standard InChI is InChI=1S/C8H12ClN3.ClH/c9-8-6(2-1-5-12-8)7(11)3-4-10;/h1-2,5,7H,3-4,10-11H2;1H/t7-;/m1./s1. The number of rotatable bonds is 3. The molecule has 1 aromatic rings. The molecule has 0 saturated heterocycles. The predicted octanol–water partition coefficient (Wildman–Crippen LogP) is 1.51. The molecular formula is C8H13Cl2N3. The Morgan fingerprint density at radius 3 is 2.77 bits per heavy atom. The van der Waals surface area contributed by atoms with E-state index in [1.165, 1.54) is 0 Å². The third-order valence-corrected chi connectivity index (χ3v) is 1.98. The van der Waals surface area contributed by atoms with Crippen LogP contribution >= 0.6 is 24.0 Å². The molecule has 0 bridgehead atoms. The first kappa shape index (κ1) is 12.7. The van der Waals surface area contributed by atoms with Crippen LogP contribution in [0.25, 0.3) is 0 Å². The van der Waals surface area contributed by atoms with E-state index in [1.807, 2.05) is 12.1 Å². The van der Waals surface area contributed by atoms with Crippen molar-refractivity contribution in [3.8, 4) is 0 Å². The summed E-state index contributed by atoms with van der Waals surface area (Å²) in [5.74, 6) is 0. The Hall–Kier alpha value is -0.350. The average molecular weight is 222 g/mol. The number of aromatic nitrogens is 1. The smallest absolute Gasteiger partial charge is 0.133 e. The van der Waals surface area contributed by atoms with Gasteiger partial charge in [0.15, 0.2) is 0 Å². The van der Waals surface area contributed by atoms with Crippen molar-refractivity contribution in [1.29, 1.82) is 0 Å². The van der Waals surface area contributed by atoms with Crippen molar-refractivity contribution in [2.24, 2.45) is 11.5 Å². The van der Waals surface area contributed by atoms with Gasteiger partial charge in [0, 0.05) is 17.8 Å². The first-order valence-corrected chi connectivity index (χ1v) is 4.19. The van der Waals surface area contributed by atoms with Crippen LogP contribution in [-0.2, 0) is 0 Å². The number of hydrogen-bond donors (Lipinski definition) is 2. The van der Waals surface area contributed by atoms with Gasteiger partial charge in [-0.25, -0.2) is 4.98 Å². The molecule has 0 radical (unpaired) electrons. The Labute approximate surface area is 88.9 Å². The molecule has 74 valence electrons. The van der Waals surface area contributed by atoms with Crippen molar-refractivity contribution in [1.82, 2.24) is 4.98 Å². The molecule has 0 aromatic carbocycles. The van der Waals surface area contributed by atoms with Crippen LogP contribution < -0.4 is 11.5 Å². The van der Waals surface area contributed by atoms with Gasteiger partial charge in [-0.15, -0.1) is 12.4 Å². The summed E-state index contributed by atoms with van der Waals surface area (Å²) in [4.78, 5) is 3.93. The summed E-state index contributed by atoms with van der Waals surface area (Å²) in [5.41, 5.74) is 12.0. The highest BCUT2D eigenvalue weighted by molar-refractivity contribution is 6.30. The third-order valence-electron chi connectivity index (χ3n) is 1.67. The summed E-state index contributed by atoms with van der Waals surface area (Å²) < 4.78 is 0. The van der Waals surface area contributed by atoms with E-state index >= 15 is 0 Å². The lowest BCUT2D eigenvalue weighted by Crippen LogP contribution is -2.15. The highest BCUT2D eigenvalue weighted by atomic mass is 35.5. The normalized spacial score (nSPS) is 11.9. The fraction of sp³-hybridized carbons (Fsp3) is 0.375. The van der Waals surface area contributed by atoms with Crippen molar-refractivity contribution in [3.05, 3.63) is 29.0 Å². The second kappa shape index (κ2) is 6.16. The van der Waals surface area contributed by atoms with E-state index in [0.717, 1.165) is 12.0 Å². The second-order valence-electron chi connectivity index (χ2n) is 2.57. The molecule has 0 aliphatic carbocycles. The van der Waals surface area contributed by atoms with Crippen molar-refractivity contribution in [2.45, 2.75) is 12.5 Å². The number of halogens is 2. The maximum Gasteiger partial charge on any atom is 0.133 e. The first-order valence-electron chi connectivity index (χ1n) is 3.81. The van der Waals surface area contributed by atoms with E-state index in [9.17, 15) is 0 Å². The van der Waals surface area contributed by atoms with Gasteiger partial charge in [-0.2, -0.15) is 0 Å². The summed E-state index contributed by atoms with van der Waals surface area (Å²) in [6, 6.07) is 3.59. The monoisotopic (exact) mass is 221 g/mol. The molecule has 1 heterocycles. The molecule has 0 aliphatic rings. The van der Waals surface area contributed by atoms with E-state index in [1.54, 1.807) is 6.20 Å². The SMILES string of the molecule is Cl.NCC[C@@H](N)c1cccnc1Cl. The molecule has 0 unspecified atom stereocenters. The fourth-order valence-corrected chi connectivity index (χ4v) is 1.27. The maximum absolute atomic E-state index is 5.82. The van der Waals surface area contributed by atoms with Crippen LogP contribution in [0.2, 0.25) is 5.15 Å². The zero-order valence-corrected chi connectivity index (χ0v) is 8.68. The molecule has 1 atom stereocenters. The molecule has 0 spiro atoms. The van der Waals surface area contributed by atoms with Gasteiger partial charge < -0.3 is 11.5 Å². The van der Waals surface area contributed by atoms with Crippen LogP contribution in [0.4, 0.5) is 0 Å². The van der Waals surface area contributed by atoms with Gasteiger partial charge in [0.1, 0.15) is 5.15 Å². The third kappa shape index (κ3) is 3.48. The summed E-state index contributed by atoms with van der Waals surface area (Å²) in [7, 11) is 0. The Bertz CT molecular complexity index is 255. The molecular weight excluding hydrogens is 209 g/mol. The highest BCUT2D eigenvalue weighted by Crippen LogP contribution is 2.19. The van der Waals surface area contributed by atoms with E-state index in [0.29, 0.717) is 11.7 Å². The Morgan fingerprint density at radius 2 is 2.23 bits per heavy atom. The van der Waals surface area contributed by atoms with Crippen molar-refractivity contribution in [3.63, 3.8) is 0 Å². The highest BCUT2D eigenvalue weighted by Gasteiger charge is 2.08. The van der Waals surface area contributed by atoms with Gasteiger partial charge in [0.25, 0.3) is 0 Å². The van der Waals surface area contributed by atoms with Gasteiger partial charge in [-0.1, -0.05) is 17.7 Å². The molecule has 0 aliphatic heterocycles. The molecule has 13 heavy (non-hydrogen) atoms. The van der Waals surface area contributed by atoms with Gasteiger partial charge in [-0.3, -0.25) is 0 Å². The Morgan fingerprint density at radius 1 is 1.54 bits per heavy atom. The first-order chi connectivity index (χ1) is 5.75. The predicted molar refractivity (Wildman–Crippen MR) is 57.1 cm³/mol. The molecule has 4 N–H and O–H groups in total. The molecule has 0 saturated carbocycles. The molecule has 1 aromatic heterocycles. The molecule has 1 rings (SSSR count). The zero-order valence-electron chi connectivity index (χ0n) is 7.11. The topological polar surface area (TPSA) is 64.9 Å². The van der Waals surface area contributed by atoms with Crippen molar-refractivity contribution < 1.29 is 0 Å². The van der Waals surface area contributed by atoms with Crippen molar-refractivity contribution >= 4 is 24.0 Å². The minimum absolute atomic E-state index is 0.